The largest absolute Gasteiger partial charge is 0.496 e. The van der Waals surface area contributed by atoms with Crippen molar-refractivity contribution < 1.29 is 22.7 Å². The van der Waals surface area contributed by atoms with E-state index in [4.69, 9.17) is 10.5 Å². The number of carbonyl (C=O) groups excluding carboxylic acids is 1. The molecule has 22 heavy (non-hydrogen) atoms. The second-order valence-corrected chi connectivity index (χ2v) is 4.66. The highest BCUT2D eigenvalue weighted by molar-refractivity contribution is 5.89. The van der Waals surface area contributed by atoms with Gasteiger partial charge in [0.2, 0.25) is 0 Å². The molecule has 2 N–H and O–H groups in total. The molecule has 0 saturated heterocycles. The Morgan fingerprint density at radius 1 is 1.14 bits per heavy atom. The molecule has 116 valence electrons. The smallest absolute Gasteiger partial charge is 0.416 e. The molecule has 0 radical (unpaired) electrons. The van der Waals surface area contributed by atoms with E-state index in [0.29, 0.717) is 23.2 Å². The van der Waals surface area contributed by atoms with E-state index in [2.05, 4.69) is 0 Å². The van der Waals surface area contributed by atoms with Crippen molar-refractivity contribution in [3.05, 3.63) is 53.1 Å². The SMILES string of the molecule is COc1ccc(CN)cc1-c1ccc(C(F)(F)F)cc1C=O. The standard InChI is InChI=1S/C16H14F3NO2/c1-22-15-5-2-10(8-20)6-14(15)13-4-3-12(16(17,18)19)7-11(13)9-21/h2-7,9H,8,20H2,1H3. The Kier molecular flexibility index (Phi) is 4.51. The second-order valence-electron chi connectivity index (χ2n) is 4.66. The van der Waals surface area contributed by atoms with Crippen LogP contribution in [0.2, 0.25) is 0 Å². The Morgan fingerprint density at radius 2 is 1.86 bits per heavy atom. The van der Waals surface area contributed by atoms with Gasteiger partial charge >= 0.3 is 6.18 Å². The van der Waals surface area contributed by atoms with E-state index in [1.807, 2.05) is 0 Å². The molecule has 0 aromatic heterocycles. The van der Waals surface area contributed by atoms with Crippen LogP contribution in [0.15, 0.2) is 36.4 Å². The van der Waals surface area contributed by atoms with Gasteiger partial charge in [0.1, 0.15) is 5.75 Å². The summed E-state index contributed by atoms with van der Waals surface area (Å²) in [6.45, 7) is 0.272. The third-order valence-electron chi connectivity index (χ3n) is 3.30. The maximum absolute atomic E-state index is 12.7. The number of carbonyl (C=O) groups is 1. The zero-order valence-corrected chi connectivity index (χ0v) is 11.8. The van der Waals surface area contributed by atoms with Crippen molar-refractivity contribution >= 4 is 6.29 Å². The number of alkyl halides is 3. The van der Waals surface area contributed by atoms with E-state index in [1.165, 1.54) is 13.2 Å². The highest BCUT2D eigenvalue weighted by Gasteiger charge is 2.31. The van der Waals surface area contributed by atoms with Gasteiger partial charge in [0.15, 0.2) is 6.29 Å². The number of aldehydes is 1. The molecule has 2 aromatic carbocycles. The highest BCUT2D eigenvalue weighted by Crippen LogP contribution is 2.36. The van der Waals surface area contributed by atoms with Gasteiger partial charge in [-0.25, -0.2) is 0 Å². The van der Waals surface area contributed by atoms with Crippen molar-refractivity contribution in [3.8, 4) is 16.9 Å². The summed E-state index contributed by atoms with van der Waals surface area (Å²) in [5.74, 6) is 0.458. The molecule has 6 heteroatoms. The highest BCUT2D eigenvalue weighted by atomic mass is 19.4. The second kappa shape index (κ2) is 6.19. The van der Waals surface area contributed by atoms with Crippen molar-refractivity contribution in [2.24, 2.45) is 5.73 Å². The number of hydrogen-bond acceptors (Lipinski definition) is 3. The van der Waals surface area contributed by atoms with Crippen LogP contribution in [0.3, 0.4) is 0 Å². The number of ether oxygens (including phenoxy) is 1. The predicted octanol–water partition coefficient (Wildman–Crippen LogP) is 3.65. The van der Waals surface area contributed by atoms with Gasteiger partial charge in [-0.3, -0.25) is 4.79 Å². The van der Waals surface area contributed by atoms with Gasteiger partial charge < -0.3 is 10.5 Å². The van der Waals surface area contributed by atoms with Crippen LogP contribution in [-0.2, 0) is 12.7 Å². The van der Waals surface area contributed by atoms with Gasteiger partial charge in [0.05, 0.1) is 12.7 Å². The monoisotopic (exact) mass is 309 g/mol. The first-order chi connectivity index (χ1) is 10.4. The van der Waals surface area contributed by atoms with Gasteiger partial charge in [-0.05, 0) is 35.4 Å². The first kappa shape index (κ1) is 16.0. The molecular formula is C16H14F3NO2. The molecular weight excluding hydrogens is 295 g/mol. The molecule has 2 aromatic rings. The van der Waals surface area contributed by atoms with Crippen LogP contribution >= 0.6 is 0 Å². The first-order valence-corrected chi connectivity index (χ1v) is 6.44. The van der Waals surface area contributed by atoms with Crippen molar-refractivity contribution in [2.75, 3.05) is 7.11 Å². The Hall–Kier alpha value is -2.34. The summed E-state index contributed by atoms with van der Waals surface area (Å²) in [6.07, 6.45) is -4.10. The zero-order valence-electron chi connectivity index (χ0n) is 11.8. The van der Waals surface area contributed by atoms with Gasteiger partial charge in [-0.15, -0.1) is 0 Å². The lowest BCUT2D eigenvalue weighted by atomic mass is 9.96. The molecule has 0 fully saturated rings. The van der Waals surface area contributed by atoms with Crippen molar-refractivity contribution in [1.82, 2.24) is 0 Å². The average molecular weight is 309 g/mol. The summed E-state index contributed by atoms with van der Waals surface area (Å²) in [7, 11) is 1.45. The molecule has 2 rings (SSSR count). The van der Waals surface area contributed by atoms with Crippen LogP contribution in [0.4, 0.5) is 13.2 Å². The Balaban J connectivity index is 2.64. The fraction of sp³-hybridized carbons (Fsp3) is 0.188. The molecule has 3 nitrogen and oxygen atoms in total. The molecule has 0 aliphatic carbocycles. The quantitative estimate of drug-likeness (QED) is 0.877. The number of nitrogens with two attached hydrogens (primary N) is 1. The normalized spacial score (nSPS) is 11.3. The molecule has 0 spiro atoms. The molecule has 0 saturated carbocycles. The fourth-order valence-electron chi connectivity index (χ4n) is 2.17. The Bertz CT molecular complexity index is 696. The summed E-state index contributed by atoms with van der Waals surface area (Å²) in [4.78, 5) is 11.2. The molecule has 0 unspecified atom stereocenters. The van der Waals surface area contributed by atoms with Crippen LogP contribution in [0.5, 0.6) is 5.75 Å². The van der Waals surface area contributed by atoms with Crippen LogP contribution in [0.25, 0.3) is 11.1 Å². The molecule has 0 bridgehead atoms. The summed E-state index contributed by atoms with van der Waals surface area (Å²) in [5.41, 5.74) is 6.34. The van der Waals surface area contributed by atoms with E-state index < -0.39 is 11.7 Å². The van der Waals surface area contributed by atoms with Crippen LogP contribution in [0.1, 0.15) is 21.5 Å². The van der Waals surface area contributed by atoms with Crippen molar-refractivity contribution in [3.63, 3.8) is 0 Å². The fourth-order valence-corrected chi connectivity index (χ4v) is 2.17. The van der Waals surface area contributed by atoms with E-state index in [-0.39, 0.29) is 12.1 Å². The van der Waals surface area contributed by atoms with E-state index in [0.717, 1.165) is 17.7 Å². The lowest BCUT2D eigenvalue weighted by molar-refractivity contribution is -0.137. The number of benzene rings is 2. The van der Waals surface area contributed by atoms with E-state index in [1.54, 1.807) is 18.2 Å². The van der Waals surface area contributed by atoms with Gasteiger partial charge in [0, 0.05) is 17.7 Å². The maximum atomic E-state index is 12.7. The van der Waals surface area contributed by atoms with Crippen molar-refractivity contribution in [2.45, 2.75) is 12.7 Å². The minimum Gasteiger partial charge on any atom is -0.496 e. The van der Waals surface area contributed by atoms with Gasteiger partial charge in [-0.1, -0.05) is 12.1 Å². The third kappa shape index (κ3) is 3.12. The maximum Gasteiger partial charge on any atom is 0.416 e. The predicted molar refractivity (Wildman–Crippen MR) is 76.7 cm³/mol. The van der Waals surface area contributed by atoms with Crippen LogP contribution in [0, 0.1) is 0 Å². The zero-order chi connectivity index (χ0) is 16.3. The van der Waals surface area contributed by atoms with Crippen LogP contribution in [-0.4, -0.2) is 13.4 Å². The number of halogens is 3. The lowest BCUT2D eigenvalue weighted by Gasteiger charge is -2.14. The minimum atomic E-state index is -4.50. The molecule has 0 amide bonds. The Morgan fingerprint density at radius 3 is 2.41 bits per heavy atom. The Labute approximate surface area is 125 Å². The summed E-state index contributed by atoms with van der Waals surface area (Å²) in [6, 6.07) is 8.17. The summed E-state index contributed by atoms with van der Waals surface area (Å²) in [5, 5.41) is 0. The van der Waals surface area contributed by atoms with Crippen molar-refractivity contribution in [1.29, 1.82) is 0 Å². The molecule has 0 heterocycles. The van der Waals surface area contributed by atoms with Crippen LogP contribution < -0.4 is 10.5 Å². The molecule has 0 atom stereocenters. The molecule has 0 aliphatic heterocycles. The topological polar surface area (TPSA) is 52.3 Å². The molecule has 0 aliphatic rings. The third-order valence-corrected chi connectivity index (χ3v) is 3.30. The summed E-state index contributed by atoms with van der Waals surface area (Å²) >= 11 is 0. The lowest BCUT2D eigenvalue weighted by Crippen LogP contribution is -2.06. The number of methoxy groups -OCH3 is 1. The van der Waals surface area contributed by atoms with Gasteiger partial charge in [0.25, 0.3) is 0 Å². The average Bonchev–Trinajstić information content (AvgIpc) is 2.52. The minimum absolute atomic E-state index is 0.0534. The van der Waals surface area contributed by atoms with E-state index >= 15 is 0 Å². The summed E-state index contributed by atoms with van der Waals surface area (Å²) < 4.78 is 43.5. The van der Waals surface area contributed by atoms with Gasteiger partial charge in [-0.2, -0.15) is 13.2 Å². The number of hydrogen-bond donors (Lipinski definition) is 1. The number of rotatable bonds is 4. The first-order valence-electron chi connectivity index (χ1n) is 6.44. The van der Waals surface area contributed by atoms with E-state index in [9.17, 15) is 18.0 Å².